The molecule has 39 heavy (non-hydrogen) atoms. The van der Waals surface area contributed by atoms with Crippen LogP contribution in [0.4, 0.5) is 0 Å². The average molecular weight is 571 g/mol. The lowest BCUT2D eigenvalue weighted by atomic mass is 9.80. The highest BCUT2D eigenvalue weighted by molar-refractivity contribution is 7.85. The molecule has 0 saturated carbocycles. The van der Waals surface area contributed by atoms with Gasteiger partial charge in [-0.3, -0.25) is 38.2 Å². The Hall–Kier alpha value is -2.73. The Morgan fingerprint density at radius 1 is 0.949 bits per heavy atom. The molecule has 1 aliphatic rings. The van der Waals surface area contributed by atoms with Gasteiger partial charge in [-0.25, -0.2) is 0 Å². The number of hydrogen-bond donors (Lipinski definition) is 2. The van der Waals surface area contributed by atoms with Crippen molar-refractivity contribution in [3.8, 4) is 0 Å². The third kappa shape index (κ3) is 11.9. The van der Waals surface area contributed by atoms with E-state index in [0.717, 1.165) is 4.90 Å². The molecule has 0 saturated heterocycles. The van der Waals surface area contributed by atoms with E-state index >= 15 is 0 Å². The highest BCUT2D eigenvalue weighted by atomic mass is 32.2. The number of Topliss-reactive ketones (excluding diaryl/α,β-unsaturated/α-hetero) is 3. The largest absolute Gasteiger partial charge is 0.346 e. The number of carbonyl (C=O) groups excluding carboxylic acids is 6. The molecule has 3 atom stereocenters. The maximum Gasteiger partial charge on any atom is 0.265 e. The molecule has 0 radical (unpaired) electrons. The third-order valence-corrected chi connectivity index (χ3v) is 7.32. The molecule has 11 nitrogen and oxygen atoms in total. The van der Waals surface area contributed by atoms with Crippen molar-refractivity contribution in [2.75, 3.05) is 12.3 Å². The summed E-state index contributed by atoms with van der Waals surface area (Å²) in [6, 6.07) is -1.00. The summed E-state index contributed by atoms with van der Waals surface area (Å²) in [7, 11) is -4.60. The normalized spacial score (nSPS) is 16.4. The van der Waals surface area contributed by atoms with E-state index < -0.39 is 57.3 Å². The van der Waals surface area contributed by atoms with Gasteiger partial charge in [0.05, 0.1) is 17.7 Å². The standard InChI is InChI=1S/C27H42N2O9S/c1-17(2)24(21(31)14-18(3)25(34)27(4,5)6)28-26(35)19(16-39(36,37)38)15-20(30)10-8-7-9-13-29-22(32)11-12-23(29)33/h11-12,17-19,24H,7-10,13-16H2,1-6H3,(H,28,35)(H,36,37,38)/t18-,19+,24+/m1/s1. The van der Waals surface area contributed by atoms with E-state index in [9.17, 15) is 41.7 Å². The number of ketones is 3. The number of rotatable bonds is 17. The van der Waals surface area contributed by atoms with Crippen LogP contribution in [0.2, 0.25) is 0 Å². The van der Waals surface area contributed by atoms with E-state index in [-0.39, 0.29) is 48.7 Å². The fourth-order valence-corrected chi connectivity index (χ4v) is 5.21. The minimum absolute atomic E-state index is 0.0361. The second kappa shape index (κ2) is 14.6. The van der Waals surface area contributed by atoms with Crippen molar-refractivity contribution in [1.29, 1.82) is 0 Å². The highest BCUT2D eigenvalue weighted by Crippen LogP contribution is 2.23. The van der Waals surface area contributed by atoms with Gasteiger partial charge in [0.15, 0.2) is 5.78 Å². The summed E-state index contributed by atoms with van der Waals surface area (Å²) in [6.45, 7) is 10.5. The Kier molecular flexibility index (Phi) is 12.8. The van der Waals surface area contributed by atoms with Crippen LogP contribution in [0.1, 0.15) is 80.1 Å². The molecule has 1 heterocycles. The first-order valence-electron chi connectivity index (χ1n) is 13.2. The summed E-state index contributed by atoms with van der Waals surface area (Å²) in [5.41, 5.74) is -0.641. The fourth-order valence-electron chi connectivity index (χ4n) is 4.43. The molecule has 0 aromatic carbocycles. The van der Waals surface area contributed by atoms with E-state index in [2.05, 4.69) is 5.32 Å². The molecule has 0 spiro atoms. The van der Waals surface area contributed by atoms with Crippen LogP contribution in [0, 0.1) is 23.2 Å². The lowest BCUT2D eigenvalue weighted by Gasteiger charge is -2.26. The first-order chi connectivity index (χ1) is 17.8. The second-order valence-corrected chi connectivity index (χ2v) is 13.1. The van der Waals surface area contributed by atoms with Gasteiger partial charge >= 0.3 is 0 Å². The van der Waals surface area contributed by atoms with Crippen LogP contribution < -0.4 is 5.32 Å². The first-order valence-corrected chi connectivity index (χ1v) is 14.8. The van der Waals surface area contributed by atoms with E-state index in [1.165, 1.54) is 12.2 Å². The second-order valence-electron chi connectivity index (χ2n) is 11.6. The van der Waals surface area contributed by atoms with Crippen molar-refractivity contribution in [3.05, 3.63) is 12.2 Å². The zero-order chi connectivity index (χ0) is 30.1. The molecule has 0 unspecified atom stereocenters. The van der Waals surface area contributed by atoms with Crippen molar-refractivity contribution >= 4 is 45.2 Å². The summed E-state index contributed by atoms with van der Waals surface area (Å²) < 4.78 is 32.5. The van der Waals surface area contributed by atoms with Gasteiger partial charge in [0.1, 0.15) is 11.6 Å². The molecule has 12 heteroatoms. The number of carbonyl (C=O) groups is 6. The quantitative estimate of drug-likeness (QED) is 0.151. The molecule has 1 rings (SSSR count). The van der Waals surface area contributed by atoms with Gasteiger partial charge in [-0.15, -0.1) is 0 Å². The van der Waals surface area contributed by atoms with Crippen LogP contribution >= 0.6 is 0 Å². The third-order valence-electron chi connectivity index (χ3n) is 6.50. The average Bonchev–Trinajstić information content (AvgIpc) is 3.11. The molecule has 0 aromatic heterocycles. The first kappa shape index (κ1) is 34.3. The Bertz CT molecular complexity index is 1070. The summed E-state index contributed by atoms with van der Waals surface area (Å²) >= 11 is 0. The lowest BCUT2D eigenvalue weighted by Crippen LogP contribution is -2.48. The van der Waals surface area contributed by atoms with Gasteiger partial charge < -0.3 is 5.32 Å². The number of amides is 3. The van der Waals surface area contributed by atoms with Gasteiger partial charge in [0.2, 0.25) is 5.91 Å². The lowest BCUT2D eigenvalue weighted by molar-refractivity contribution is -0.137. The molecular formula is C27H42N2O9S. The van der Waals surface area contributed by atoms with Crippen LogP contribution in [0.25, 0.3) is 0 Å². The summed E-state index contributed by atoms with van der Waals surface area (Å²) in [5.74, 6) is -5.83. The smallest absolute Gasteiger partial charge is 0.265 e. The van der Waals surface area contributed by atoms with Crippen molar-refractivity contribution in [3.63, 3.8) is 0 Å². The molecule has 2 N–H and O–H groups in total. The van der Waals surface area contributed by atoms with Crippen LogP contribution in [0.5, 0.6) is 0 Å². The van der Waals surface area contributed by atoms with E-state index in [0.29, 0.717) is 19.3 Å². The number of imide groups is 1. The number of nitrogens with zero attached hydrogens (tertiary/aromatic N) is 1. The van der Waals surface area contributed by atoms with Gasteiger partial charge in [0, 0.05) is 49.3 Å². The fraction of sp³-hybridized carbons (Fsp3) is 0.704. The van der Waals surface area contributed by atoms with Crippen molar-refractivity contribution in [2.45, 2.75) is 86.1 Å². The molecule has 3 amide bonds. The predicted molar refractivity (Wildman–Crippen MR) is 144 cm³/mol. The number of unbranched alkanes of at least 4 members (excludes halogenated alkanes) is 2. The van der Waals surface area contributed by atoms with E-state index in [1.54, 1.807) is 41.5 Å². The highest BCUT2D eigenvalue weighted by Gasteiger charge is 2.34. The van der Waals surface area contributed by atoms with Crippen LogP contribution in [0.15, 0.2) is 12.2 Å². The van der Waals surface area contributed by atoms with Crippen molar-refractivity contribution in [2.24, 2.45) is 23.2 Å². The summed E-state index contributed by atoms with van der Waals surface area (Å²) in [6.07, 6.45) is 3.26. The molecule has 0 aliphatic carbocycles. The maximum atomic E-state index is 13.0. The Balaban J connectivity index is 2.75. The molecular weight excluding hydrogens is 528 g/mol. The monoisotopic (exact) mass is 570 g/mol. The minimum atomic E-state index is -4.60. The van der Waals surface area contributed by atoms with Crippen LogP contribution in [0.3, 0.4) is 0 Å². The predicted octanol–water partition coefficient (Wildman–Crippen LogP) is 2.29. The Morgan fingerprint density at radius 3 is 2.00 bits per heavy atom. The van der Waals surface area contributed by atoms with Crippen LogP contribution in [-0.2, 0) is 38.9 Å². The zero-order valence-electron chi connectivity index (χ0n) is 23.7. The van der Waals surface area contributed by atoms with Gasteiger partial charge in [-0.1, -0.05) is 48.0 Å². The zero-order valence-corrected chi connectivity index (χ0v) is 24.5. The molecule has 0 bridgehead atoms. The van der Waals surface area contributed by atoms with E-state index in [4.69, 9.17) is 0 Å². The number of hydrogen-bond acceptors (Lipinski definition) is 8. The Morgan fingerprint density at radius 2 is 1.51 bits per heavy atom. The topological polar surface area (TPSA) is 172 Å². The molecule has 1 aliphatic heterocycles. The van der Waals surface area contributed by atoms with Crippen molar-refractivity contribution < 1.29 is 41.7 Å². The summed E-state index contributed by atoms with van der Waals surface area (Å²) in [5, 5.41) is 2.54. The summed E-state index contributed by atoms with van der Waals surface area (Å²) in [4.78, 5) is 75.3. The van der Waals surface area contributed by atoms with Gasteiger partial charge in [-0.2, -0.15) is 8.42 Å². The molecule has 0 aromatic rings. The maximum absolute atomic E-state index is 13.0. The van der Waals surface area contributed by atoms with E-state index in [1.807, 2.05) is 0 Å². The van der Waals surface area contributed by atoms with Gasteiger partial charge in [-0.05, 0) is 18.8 Å². The van der Waals surface area contributed by atoms with Gasteiger partial charge in [0.25, 0.3) is 21.9 Å². The SMILES string of the molecule is CC(C)[C@H](NC(=O)[C@@H](CC(=O)CCCCCN1C(=O)C=CC1=O)CS(=O)(=O)O)C(=O)C[C@@H](C)C(=O)C(C)(C)C. The van der Waals surface area contributed by atoms with Crippen molar-refractivity contribution in [1.82, 2.24) is 10.2 Å². The molecule has 0 fully saturated rings. The minimum Gasteiger partial charge on any atom is -0.346 e. The van der Waals surface area contributed by atoms with Crippen LogP contribution in [-0.4, -0.2) is 71.3 Å². The Labute approximate surface area is 230 Å². The molecule has 220 valence electrons. The number of nitrogens with one attached hydrogen (secondary N) is 1.